The van der Waals surface area contributed by atoms with E-state index in [1.807, 2.05) is 0 Å². The maximum atomic E-state index is 12.4. The first-order chi connectivity index (χ1) is 12.4. The van der Waals surface area contributed by atoms with Crippen LogP contribution in [-0.2, 0) is 15.6 Å². The van der Waals surface area contributed by atoms with E-state index in [-0.39, 0.29) is 27.8 Å². The molecule has 0 saturated carbocycles. The van der Waals surface area contributed by atoms with Crippen molar-refractivity contribution in [2.45, 2.75) is 11.9 Å². The third-order valence-corrected chi connectivity index (χ3v) is 4.32. The van der Waals surface area contributed by atoms with Gasteiger partial charge in [-0.1, -0.05) is 23.7 Å². The Bertz CT molecular complexity index is 928. The number of hydrogen-bond donors (Lipinski definition) is 1. The van der Waals surface area contributed by atoms with Gasteiger partial charge in [-0.3, -0.25) is 4.79 Å². The molecule has 146 valence electrons. The summed E-state index contributed by atoms with van der Waals surface area (Å²) in [5, 5.41) is 2.64. The molecule has 0 unspecified atom stereocenters. The number of hydrogen-bond acceptors (Lipinski definition) is 4. The lowest BCUT2D eigenvalue weighted by Crippen LogP contribution is -2.20. The minimum absolute atomic E-state index is 0.0167. The minimum Gasteiger partial charge on any atom is -0.482 e. The molecule has 0 atom stereocenters. The van der Waals surface area contributed by atoms with Gasteiger partial charge in [0.2, 0.25) is 0 Å². The quantitative estimate of drug-likeness (QED) is 0.762. The molecule has 27 heavy (non-hydrogen) atoms. The number of sulfone groups is 1. The highest BCUT2D eigenvalue weighted by molar-refractivity contribution is 7.89. The molecule has 2 rings (SSSR count). The van der Waals surface area contributed by atoms with Crippen molar-refractivity contribution in [3.63, 3.8) is 0 Å². The Morgan fingerprint density at radius 1 is 1.15 bits per heavy atom. The van der Waals surface area contributed by atoms with Gasteiger partial charge < -0.3 is 10.1 Å². The molecule has 0 aliphatic carbocycles. The van der Waals surface area contributed by atoms with Crippen LogP contribution in [0.5, 0.6) is 5.75 Å². The number of carbonyl (C=O) groups excluding carboxylic acids is 1. The van der Waals surface area contributed by atoms with E-state index in [4.69, 9.17) is 16.3 Å². The zero-order chi connectivity index (χ0) is 20.2. The van der Waals surface area contributed by atoms with Gasteiger partial charge in [0.15, 0.2) is 16.4 Å². The Labute approximate surface area is 159 Å². The second-order valence-electron chi connectivity index (χ2n) is 5.77. The smallest absolute Gasteiger partial charge is 0.422 e. The normalized spacial score (nSPS) is 11.9. The van der Waals surface area contributed by atoms with Gasteiger partial charge >= 0.3 is 6.18 Å². The van der Waals surface area contributed by atoms with Crippen LogP contribution in [0.25, 0.3) is 0 Å². The topological polar surface area (TPSA) is 72.5 Å². The molecular weight excluding hydrogens is 407 g/mol. The fourth-order valence-corrected chi connectivity index (χ4v) is 3.10. The zero-order valence-corrected chi connectivity index (χ0v) is 15.6. The lowest BCUT2D eigenvalue weighted by molar-refractivity contribution is -0.153. The van der Waals surface area contributed by atoms with E-state index in [2.05, 4.69) is 5.32 Å². The summed E-state index contributed by atoms with van der Waals surface area (Å²) in [4.78, 5) is 12.3. The molecule has 2 aromatic carbocycles. The average molecular weight is 422 g/mol. The summed E-state index contributed by atoms with van der Waals surface area (Å²) in [5.74, 6) is -0.961. The highest BCUT2D eigenvalue weighted by atomic mass is 35.5. The highest BCUT2D eigenvalue weighted by Crippen LogP contribution is 2.30. The maximum absolute atomic E-state index is 12.4. The Kier molecular flexibility index (Phi) is 6.38. The standard InChI is InChI=1S/C17H15ClF3NO4S/c1-27(24,25)9-11-2-4-12(5-3-11)16(23)22-14-8-13(18)6-7-15(14)26-10-17(19,20)21/h2-8H,9-10H2,1H3,(H,22,23). The number of carbonyl (C=O) groups is 1. The highest BCUT2D eigenvalue weighted by Gasteiger charge is 2.29. The molecule has 0 aromatic heterocycles. The second-order valence-corrected chi connectivity index (χ2v) is 8.34. The van der Waals surface area contributed by atoms with Crippen molar-refractivity contribution in [3.8, 4) is 5.75 Å². The number of amides is 1. The first-order valence-electron chi connectivity index (χ1n) is 7.50. The van der Waals surface area contributed by atoms with Gasteiger partial charge in [0.05, 0.1) is 11.4 Å². The van der Waals surface area contributed by atoms with Gasteiger partial charge in [-0.15, -0.1) is 0 Å². The SMILES string of the molecule is CS(=O)(=O)Cc1ccc(C(=O)Nc2cc(Cl)ccc2OCC(F)(F)F)cc1. The molecule has 0 radical (unpaired) electrons. The lowest BCUT2D eigenvalue weighted by Gasteiger charge is -2.14. The summed E-state index contributed by atoms with van der Waals surface area (Å²) in [6.07, 6.45) is -3.44. The number of nitrogens with one attached hydrogen (secondary N) is 1. The van der Waals surface area contributed by atoms with Crippen LogP contribution in [0, 0.1) is 0 Å². The third kappa shape index (κ3) is 7.10. The largest absolute Gasteiger partial charge is 0.482 e. The van der Waals surface area contributed by atoms with Crippen LogP contribution in [0.1, 0.15) is 15.9 Å². The molecule has 1 N–H and O–H groups in total. The van der Waals surface area contributed by atoms with E-state index in [0.29, 0.717) is 5.56 Å². The number of benzene rings is 2. The fraction of sp³-hybridized carbons (Fsp3) is 0.235. The van der Waals surface area contributed by atoms with Crippen molar-refractivity contribution in [2.75, 3.05) is 18.2 Å². The van der Waals surface area contributed by atoms with Gasteiger partial charge in [-0.05, 0) is 35.9 Å². The Morgan fingerprint density at radius 3 is 2.33 bits per heavy atom. The molecule has 0 aliphatic heterocycles. The number of rotatable bonds is 6. The summed E-state index contributed by atoms with van der Waals surface area (Å²) in [6, 6.07) is 9.61. The summed E-state index contributed by atoms with van der Waals surface area (Å²) in [7, 11) is -3.21. The number of alkyl halides is 3. The first kappa shape index (κ1) is 21.0. The monoisotopic (exact) mass is 421 g/mol. The Balaban J connectivity index is 2.16. The van der Waals surface area contributed by atoms with Crippen LogP contribution in [0.2, 0.25) is 5.02 Å². The van der Waals surface area contributed by atoms with Crippen LogP contribution in [-0.4, -0.2) is 33.4 Å². The van der Waals surface area contributed by atoms with Crippen molar-refractivity contribution in [3.05, 3.63) is 58.6 Å². The summed E-state index contributed by atoms with van der Waals surface area (Å²) < 4.78 is 64.3. The van der Waals surface area contributed by atoms with E-state index < -0.39 is 28.5 Å². The molecule has 2 aromatic rings. The number of ether oxygens (including phenoxy) is 1. The molecule has 0 aliphatic rings. The average Bonchev–Trinajstić information content (AvgIpc) is 2.52. The molecule has 5 nitrogen and oxygen atoms in total. The van der Waals surface area contributed by atoms with Crippen molar-refractivity contribution < 1.29 is 31.1 Å². The van der Waals surface area contributed by atoms with Crippen molar-refractivity contribution in [1.82, 2.24) is 0 Å². The molecule has 0 bridgehead atoms. The fourth-order valence-electron chi connectivity index (χ4n) is 2.13. The van der Waals surface area contributed by atoms with Crippen LogP contribution in [0.15, 0.2) is 42.5 Å². The third-order valence-electron chi connectivity index (χ3n) is 3.23. The second kappa shape index (κ2) is 8.18. The lowest BCUT2D eigenvalue weighted by atomic mass is 10.1. The van der Waals surface area contributed by atoms with E-state index in [1.54, 1.807) is 0 Å². The van der Waals surface area contributed by atoms with Crippen molar-refractivity contribution in [1.29, 1.82) is 0 Å². The Morgan fingerprint density at radius 2 is 1.78 bits per heavy atom. The predicted octanol–water partition coefficient (Wildman–Crippen LogP) is 4.08. The molecule has 0 fully saturated rings. The molecule has 0 heterocycles. The number of anilines is 1. The van der Waals surface area contributed by atoms with Gasteiger partial charge in [-0.2, -0.15) is 13.2 Å². The summed E-state index contributed by atoms with van der Waals surface area (Å²) in [5.41, 5.74) is 0.678. The summed E-state index contributed by atoms with van der Waals surface area (Å²) >= 11 is 5.83. The van der Waals surface area contributed by atoms with Crippen molar-refractivity contribution >= 4 is 33.0 Å². The Hall–Kier alpha value is -2.26. The molecular formula is C17H15ClF3NO4S. The van der Waals surface area contributed by atoms with Gasteiger partial charge in [-0.25, -0.2) is 8.42 Å². The van der Waals surface area contributed by atoms with E-state index in [9.17, 15) is 26.4 Å². The van der Waals surface area contributed by atoms with Gasteiger partial charge in [0.25, 0.3) is 5.91 Å². The molecule has 10 heteroatoms. The predicted molar refractivity (Wildman–Crippen MR) is 95.9 cm³/mol. The molecule has 0 spiro atoms. The van der Waals surface area contributed by atoms with E-state index in [1.165, 1.54) is 42.5 Å². The van der Waals surface area contributed by atoms with Crippen LogP contribution in [0.3, 0.4) is 0 Å². The van der Waals surface area contributed by atoms with Crippen molar-refractivity contribution in [2.24, 2.45) is 0 Å². The zero-order valence-electron chi connectivity index (χ0n) is 14.0. The maximum Gasteiger partial charge on any atom is 0.422 e. The van der Waals surface area contributed by atoms with Crippen LogP contribution < -0.4 is 10.1 Å². The molecule has 1 amide bonds. The number of halogens is 4. The van der Waals surface area contributed by atoms with Gasteiger partial charge in [0.1, 0.15) is 5.75 Å². The first-order valence-corrected chi connectivity index (χ1v) is 9.94. The summed E-state index contributed by atoms with van der Waals surface area (Å²) in [6.45, 7) is -1.52. The minimum atomic E-state index is -4.53. The van der Waals surface area contributed by atoms with Gasteiger partial charge in [0, 0.05) is 16.8 Å². The van der Waals surface area contributed by atoms with Crippen LogP contribution >= 0.6 is 11.6 Å². The molecule has 0 saturated heterocycles. The van der Waals surface area contributed by atoms with E-state index in [0.717, 1.165) is 6.26 Å². The van der Waals surface area contributed by atoms with Crippen LogP contribution in [0.4, 0.5) is 18.9 Å². The van der Waals surface area contributed by atoms with E-state index >= 15 is 0 Å².